The van der Waals surface area contributed by atoms with Crippen molar-refractivity contribution in [2.24, 2.45) is 0 Å². The summed E-state index contributed by atoms with van der Waals surface area (Å²) in [5.41, 5.74) is 1.77. The molecule has 1 N–H and O–H groups in total. The van der Waals surface area contributed by atoms with Gasteiger partial charge >= 0.3 is 0 Å². The quantitative estimate of drug-likeness (QED) is 0.512. The Balaban J connectivity index is 1.36. The number of nitrogens with zero attached hydrogens (tertiary/aromatic N) is 4. The molecule has 0 saturated carbocycles. The third-order valence-electron chi connectivity index (χ3n) is 5.92. The van der Waals surface area contributed by atoms with Crippen LogP contribution in [0, 0.1) is 0 Å². The van der Waals surface area contributed by atoms with E-state index < -0.39 is 10.8 Å². The summed E-state index contributed by atoms with van der Waals surface area (Å²) >= 11 is 0. The molecule has 170 valence electrons. The molecule has 7 nitrogen and oxygen atoms in total. The van der Waals surface area contributed by atoms with Gasteiger partial charge in [0.15, 0.2) is 0 Å². The van der Waals surface area contributed by atoms with Gasteiger partial charge in [0.05, 0.1) is 17.6 Å². The van der Waals surface area contributed by atoms with E-state index in [2.05, 4.69) is 22.2 Å². The van der Waals surface area contributed by atoms with Crippen molar-refractivity contribution in [1.29, 1.82) is 0 Å². The van der Waals surface area contributed by atoms with Crippen LogP contribution in [0.1, 0.15) is 31.7 Å². The highest BCUT2D eigenvalue weighted by molar-refractivity contribution is 7.84. The Labute approximate surface area is 191 Å². The minimum Gasteiger partial charge on any atom is -0.355 e. The van der Waals surface area contributed by atoms with E-state index in [0.29, 0.717) is 12.6 Å². The van der Waals surface area contributed by atoms with E-state index >= 15 is 0 Å². The maximum atomic E-state index is 12.8. The lowest BCUT2D eigenvalue weighted by Gasteiger charge is -2.23. The molecule has 0 bridgehead atoms. The van der Waals surface area contributed by atoms with E-state index in [1.165, 1.54) is 12.8 Å². The Bertz CT molecular complexity index is 1030. The highest BCUT2D eigenvalue weighted by Crippen LogP contribution is 2.21. The van der Waals surface area contributed by atoms with Gasteiger partial charge in [-0.05, 0) is 63.5 Å². The molecule has 1 aliphatic heterocycles. The van der Waals surface area contributed by atoms with Crippen LogP contribution in [0.25, 0.3) is 11.5 Å². The van der Waals surface area contributed by atoms with E-state index in [1.54, 1.807) is 6.20 Å². The van der Waals surface area contributed by atoms with Gasteiger partial charge in [-0.1, -0.05) is 18.2 Å². The molecular formula is C24H31N5O2S. The van der Waals surface area contributed by atoms with Crippen LogP contribution in [0.4, 0.5) is 0 Å². The van der Waals surface area contributed by atoms with Gasteiger partial charge in [0, 0.05) is 41.3 Å². The standard InChI is InChI=1S/C24H31N5O2S/c1-20(27-13-5-6-14-27)11-12-25-23(30)19-32(31)18-21-17-26-29(22-9-3-2-4-10-22)24(21)28-15-7-8-16-28/h2-4,7-10,15-17,20H,5-6,11-14,18-19H2,1H3,(H,25,30)/t20-,32+/m0/s1. The number of hydrogen-bond acceptors (Lipinski definition) is 4. The second-order valence-electron chi connectivity index (χ2n) is 8.29. The monoisotopic (exact) mass is 453 g/mol. The molecule has 1 fully saturated rings. The molecule has 2 aromatic heterocycles. The average Bonchev–Trinajstić information content (AvgIpc) is 3.55. The molecule has 0 aliphatic carbocycles. The number of likely N-dealkylation sites (tertiary alicyclic amines) is 1. The van der Waals surface area contributed by atoms with Crippen molar-refractivity contribution in [1.82, 2.24) is 24.6 Å². The van der Waals surface area contributed by atoms with Crippen LogP contribution in [-0.4, -0.2) is 60.8 Å². The van der Waals surface area contributed by atoms with Crippen LogP contribution in [-0.2, 0) is 21.3 Å². The summed E-state index contributed by atoms with van der Waals surface area (Å²) in [6.45, 7) is 5.14. The van der Waals surface area contributed by atoms with Crippen molar-refractivity contribution in [2.45, 2.75) is 38.0 Å². The minimum absolute atomic E-state index is 0.000267. The Morgan fingerprint density at radius 1 is 1.12 bits per heavy atom. The number of carbonyl (C=O) groups excluding carboxylic acids is 1. The fourth-order valence-electron chi connectivity index (χ4n) is 4.19. The fraction of sp³-hybridized carbons (Fsp3) is 0.417. The number of carbonyl (C=O) groups is 1. The summed E-state index contributed by atoms with van der Waals surface area (Å²) in [6, 6.07) is 14.2. The van der Waals surface area contributed by atoms with Crippen LogP contribution >= 0.6 is 0 Å². The molecule has 1 aromatic carbocycles. The van der Waals surface area contributed by atoms with Crippen molar-refractivity contribution < 1.29 is 9.00 Å². The lowest BCUT2D eigenvalue weighted by molar-refractivity contribution is -0.118. The van der Waals surface area contributed by atoms with Crippen LogP contribution in [0.5, 0.6) is 0 Å². The number of nitrogens with one attached hydrogen (secondary N) is 1. The highest BCUT2D eigenvalue weighted by Gasteiger charge is 2.19. The molecule has 0 spiro atoms. The third-order valence-corrected chi connectivity index (χ3v) is 7.14. The van der Waals surface area contributed by atoms with Crippen molar-refractivity contribution in [2.75, 3.05) is 25.4 Å². The summed E-state index contributed by atoms with van der Waals surface area (Å²) in [5, 5.41) is 7.48. The summed E-state index contributed by atoms with van der Waals surface area (Å²) in [7, 11) is -1.32. The highest BCUT2D eigenvalue weighted by atomic mass is 32.2. The van der Waals surface area contributed by atoms with Gasteiger partial charge in [0.25, 0.3) is 0 Å². The predicted molar refractivity (Wildman–Crippen MR) is 128 cm³/mol. The Morgan fingerprint density at radius 2 is 1.84 bits per heavy atom. The zero-order valence-electron chi connectivity index (χ0n) is 18.5. The summed E-state index contributed by atoms with van der Waals surface area (Å²) in [6.07, 6.45) is 9.08. The number of rotatable bonds is 10. The molecule has 3 heterocycles. The number of amides is 1. The molecule has 8 heteroatoms. The van der Waals surface area contributed by atoms with Crippen LogP contribution < -0.4 is 5.32 Å². The smallest absolute Gasteiger partial charge is 0.232 e. The molecule has 32 heavy (non-hydrogen) atoms. The lowest BCUT2D eigenvalue weighted by Crippen LogP contribution is -2.35. The molecule has 0 radical (unpaired) electrons. The minimum atomic E-state index is -1.32. The van der Waals surface area contributed by atoms with E-state index in [0.717, 1.165) is 36.6 Å². The number of hydrogen-bond donors (Lipinski definition) is 1. The van der Waals surface area contributed by atoms with Gasteiger partial charge in [-0.2, -0.15) is 5.10 Å². The summed E-state index contributed by atoms with van der Waals surface area (Å²) < 4.78 is 16.6. The van der Waals surface area contributed by atoms with Gasteiger partial charge in [-0.3, -0.25) is 9.00 Å². The molecule has 3 aromatic rings. The molecule has 2 atom stereocenters. The Kier molecular flexibility index (Phi) is 7.55. The van der Waals surface area contributed by atoms with Crippen LogP contribution in [0.2, 0.25) is 0 Å². The summed E-state index contributed by atoms with van der Waals surface area (Å²) in [5.74, 6) is 0.960. The second kappa shape index (κ2) is 10.7. The second-order valence-corrected chi connectivity index (χ2v) is 9.75. The normalized spacial score (nSPS) is 16.2. The zero-order chi connectivity index (χ0) is 22.3. The van der Waals surface area contributed by atoms with Gasteiger partial charge in [-0.15, -0.1) is 0 Å². The van der Waals surface area contributed by atoms with E-state index in [4.69, 9.17) is 0 Å². The first-order valence-corrected chi connectivity index (χ1v) is 12.7. The average molecular weight is 454 g/mol. The van der Waals surface area contributed by atoms with Gasteiger partial charge in [0.1, 0.15) is 11.6 Å². The van der Waals surface area contributed by atoms with Crippen molar-refractivity contribution in [3.8, 4) is 11.5 Å². The number of aromatic nitrogens is 3. The van der Waals surface area contributed by atoms with E-state index in [1.807, 2.05) is 64.1 Å². The van der Waals surface area contributed by atoms with Crippen molar-refractivity contribution in [3.63, 3.8) is 0 Å². The Hall–Kier alpha value is -2.71. The first-order valence-electron chi connectivity index (χ1n) is 11.2. The van der Waals surface area contributed by atoms with Gasteiger partial charge in [-0.25, -0.2) is 4.68 Å². The molecule has 1 saturated heterocycles. The zero-order valence-corrected chi connectivity index (χ0v) is 19.3. The van der Waals surface area contributed by atoms with Crippen molar-refractivity contribution >= 4 is 16.7 Å². The fourth-order valence-corrected chi connectivity index (χ4v) is 5.24. The topological polar surface area (TPSA) is 72.2 Å². The molecule has 1 amide bonds. The first-order chi connectivity index (χ1) is 15.6. The predicted octanol–water partition coefficient (Wildman–Crippen LogP) is 2.90. The number of benzene rings is 1. The maximum absolute atomic E-state index is 12.8. The molecular weight excluding hydrogens is 422 g/mol. The molecule has 0 unspecified atom stereocenters. The van der Waals surface area contributed by atoms with Gasteiger partial charge < -0.3 is 14.8 Å². The third kappa shape index (κ3) is 5.55. The lowest BCUT2D eigenvalue weighted by atomic mass is 10.2. The summed E-state index contributed by atoms with van der Waals surface area (Å²) in [4.78, 5) is 14.8. The first kappa shape index (κ1) is 22.5. The molecule has 1 aliphatic rings. The van der Waals surface area contributed by atoms with Crippen LogP contribution in [0.15, 0.2) is 61.1 Å². The number of para-hydroxylation sites is 1. The van der Waals surface area contributed by atoms with E-state index in [-0.39, 0.29) is 17.4 Å². The SMILES string of the molecule is C[C@@H](CCNC(=O)C[S@](=O)Cc1cnn(-c2ccccc2)c1-n1cccc1)N1CCCC1. The maximum Gasteiger partial charge on any atom is 0.232 e. The molecule has 4 rings (SSSR count). The largest absolute Gasteiger partial charge is 0.355 e. The van der Waals surface area contributed by atoms with E-state index in [9.17, 15) is 9.00 Å². The van der Waals surface area contributed by atoms with Crippen molar-refractivity contribution in [3.05, 3.63) is 66.6 Å². The van der Waals surface area contributed by atoms with Gasteiger partial charge in [0.2, 0.25) is 5.91 Å². The Morgan fingerprint density at radius 3 is 2.56 bits per heavy atom. The van der Waals surface area contributed by atoms with Crippen LogP contribution in [0.3, 0.4) is 0 Å².